The first-order chi connectivity index (χ1) is 11.6. The Bertz CT molecular complexity index is 888. The minimum atomic E-state index is -0.537. The van der Waals surface area contributed by atoms with E-state index in [2.05, 4.69) is 20.6 Å². The monoisotopic (exact) mass is 342 g/mol. The van der Waals surface area contributed by atoms with E-state index in [1.54, 1.807) is 30.3 Å². The molecule has 0 unspecified atom stereocenters. The molecule has 0 saturated heterocycles. The van der Waals surface area contributed by atoms with Crippen LogP contribution in [0.3, 0.4) is 0 Å². The highest BCUT2D eigenvalue weighted by atomic mass is 35.5. The first kappa shape index (κ1) is 15.9. The first-order valence-corrected chi connectivity index (χ1v) is 7.41. The second-order valence-electron chi connectivity index (χ2n) is 4.83. The molecule has 0 aliphatic heterocycles. The molecule has 0 aliphatic carbocycles. The zero-order valence-corrected chi connectivity index (χ0v) is 13.1. The summed E-state index contributed by atoms with van der Waals surface area (Å²) < 4.78 is 13.6. The van der Waals surface area contributed by atoms with E-state index in [0.29, 0.717) is 16.5 Å². The molecule has 1 aromatic heterocycles. The van der Waals surface area contributed by atoms with Crippen molar-refractivity contribution >= 4 is 34.7 Å². The maximum Gasteiger partial charge on any atom is 0.274 e. The molecule has 3 rings (SSSR count). The van der Waals surface area contributed by atoms with E-state index in [1.165, 1.54) is 24.5 Å². The SMILES string of the molecule is O=C(Nc1ccccc1F)c1cc(Nc2ccccc2Cl)ncn1. The Morgan fingerprint density at radius 3 is 2.46 bits per heavy atom. The van der Waals surface area contributed by atoms with Crippen LogP contribution in [0.25, 0.3) is 0 Å². The fraction of sp³-hybridized carbons (Fsp3) is 0. The number of carbonyl (C=O) groups is 1. The topological polar surface area (TPSA) is 66.9 Å². The van der Waals surface area contributed by atoms with Crippen LogP contribution >= 0.6 is 11.6 Å². The number of anilines is 3. The zero-order chi connectivity index (χ0) is 16.9. The van der Waals surface area contributed by atoms with E-state index in [9.17, 15) is 9.18 Å². The third kappa shape index (κ3) is 3.67. The highest BCUT2D eigenvalue weighted by molar-refractivity contribution is 6.33. The van der Waals surface area contributed by atoms with Crippen molar-refractivity contribution in [2.45, 2.75) is 0 Å². The molecule has 2 aromatic carbocycles. The van der Waals surface area contributed by atoms with Crippen molar-refractivity contribution in [3.05, 3.63) is 77.5 Å². The van der Waals surface area contributed by atoms with Crippen molar-refractivity contribution in [2.75, 3.05) is 10.6 Å². The van der Waals surface area contributed by atoms with Crippen LogP contribution in [0.2, 0.25) is 5.02 Å². The molecule has 7 heteroatoms. The first-order valence-electron chi connectivity index (χ1n) is 7.03. The van der Waals surface area contributed by atoms with E-state index < -0.39 is 11.7 Å². The Kier molecular flexibility index (Phi) is 4.67. The summed E-state index contributed by atoms with van der Waals surface area (Å²) >= 11 is 6.07. The van der Waals surface area contributed by atoms with Crippen LogP contribution in [0.5, 0.6) is 0 Å². The molecular formula is C17H12ClFN4O. The zero-order valence-electron chi connectivity index (χ0n) is 12.3. The average molecular weight is 343 g/mol. The lowest BCUT2D eigenvalue weighted by Gasteiger charge is -2.09. The van der Waals surface area contributed by atoms with Crippen molar-refractivity contribution in [1.82, 2.24) is 9.97 Å². The van der Waals surface area contributed by atoms with Gasteiger partial charge in [0.1, 0.15) is 23.7 Å². The maximum absolute atomic E-state index is 13.6. The van der Waals surface area contributed by atoms with Gasteiger partial charge in [-0.1, -0.05) is 35.9 Å². The number of hydrogen-bond acceptors (Lipinski definition) is 4. The van der Waals surface area contributed by atoms with Gasteiger partial charge in [0.05, 0.1) is 16.4 Å². The second kappa shape index (κ2) is 7.06. The molecule has 1 amide bonds. The lowest BCUT2D eigenvalue weighted by Crippen LogP contribution is -2.15. The number of nitrogens with one attached hydrogen (secondary N) is 2. The van der Waals surface area contributed by atoms with Crippen molar-refractivity contribution in [1.29, 1.82) is 0 Å². The van der Waals surface area contributed by atoms with Gasteiger partial charge in [0, 0.05) is 6.07 Å². The number of benzene rings is 2. The standard InChI is InChI=1S/C17H12ClFN4O/c18-11-5-1-3-7-13(11)22-16-9-15(20-10-21-16)17(24)23-14-8-4-2-6-12(14)19/h1-10H,(H,23,24)(H,20,21,22). The van der Waals surface area contributed by atoms with E-state index >= 15 is 0 Å². The number of aromatic nitrogens is 2. The number of carbonyl (C=O) groups excluding carboxylic acids is 1. The molecule has 0 aliphatic rings. The van der Waals surface area contributed by atoms with Gasteiger partial charge in [-0.25, -0.2) is 14.4 Å². The van der Waals surface area contributed by atoms with Gasteiger partial charge in [0.15, 0.2) is 0 Å². The highest BCUT2D eigenvalue weighted by Gasteiger charge is 2.12. The number of hydrogen-bond donors (Lipinski definition) is 2. The molecule has 1 heterocycles. The van der Waals surface area contributed by atoms with Gasteiger partial charge in [-0.3, -0.25) is 4.79 Å². The normalized spacial score (nSPS) is 10.2. The van der Waals surface area contributed by atoms with Gasteiger partial charge < -0.3 is 10.6 Å². The number of rotatable bonds is 4. The predicted octanol–water partition coefficient (Wildman–Crippen LogP) is 4.27. The summed E-state index contributed by atoms with van der Waals surface area (Å²) in [6.45, 7) is 0. The van der Waals surface area contributed by atoms with Crippen LogP contribution < -0.4 is 10.6 Å². The van der Waals surface area contributed by atoms with Crippen molar-refractivity contribution in [3.63, 3.8) is 0 Å². The summed E-state index contributed by atoms with van der Waals surface area (Å²) in [5, 5.41) is 6.00. The van der Waals surface area contributed by atoms with E-state index in [4.69, 9.17) is 11.6 Å². The molecule has 24 heavy (non-hydrogen) atoms. The quantitative estimate of drug-likeness (QED) is 0.743. The van der Waals surface area contributed by atoms with Crippen LogP contribution in [0.4, 0.5) is 21.6 Å². The lowest BCUT2D eigenvalue weighted by atomic mass is 10.3. The molecule has 5 nitrogen and oxygen atoms in total. The van der Waals surface area contributed by atoms with Gasteiger partial charge in [0.2, 0.25) is 0 Å². The summed E-state index contributed by atoms with van der Waals surface area (Å²) in [6, 6.07) is 14.5. The number of para-hydroxylation sites is 2. The van der Waals surface area contributed by atoms with Crippen LogP contribution in [0.1, 0.15) is 10.5 Å². The molecule has 0 bridgehead atoms. The second-order valence-corrected chi connectivity index (χ2v) is 5.23. The Hall–Kier alpha value is -2.99. The number of amides is 1. The van der Waals surface area contributed by atoms with Gasteiger partial charge >= 0.3 is 0 Å². The van der Waals surface area contributed by atoms with Gasteiger partial charge in [-0.05, 0) is 24.3 Å². The summed E-state index contributed by atoms with van der Waals surface area (Å²) in [4.78, 5) is 20.2. The summed E-state index contributed by atoms with van der Waals surface area (Å²) in [5.41, 5.74) is 0.836. The van der Waals surface area contributed by atoms with Gasteiger partial charge in [-0.15, -0.1) is 0 Å². The third-order valence-electron chi connectivity index (χ3n) is 3.16. The van der Waals surface area contributed by atoms with E-state index in [0.717, 1.165) is 0 Å². The molecule has 0 atom stereocenters. The largest absolute Gasteiger partial charge is 0.339 e. The van der Waals surface area contributed by atoms with Crippen molar-refractivity contribution < 1.29 is 9.18 Å². The summed E-state index contributed by atoms with van der Waals surface area (Å²) in [7, 11) is 0. The molecule has 0 saturated carbocycles. The lowest BCUT2D eigenvalue weighted by molar-refractivity contribution is 0.102. The van der Waals surface area contributed by atoms with Crippen molar-refractivity contribution in [2.24, 2.45) is 0 Å². The summed E-state index contributed by atoms with van der Waals surface area (Å²) in [6.07, 6.45) is 1.25. The Labute approximate surface area is 142 Å². The van der Waals surface area contributed by atoms with Gasteiger partial charge in [0.25, 0.3) is 5.91 Å². The third-order valence-corrected chi connectivity index (χ3v) is 3.49. The van der Waals surface area contributed by atoms with Crippen molar-refractivity contribution in [3.8, 4) is 0 Å². The molecule has 2 N–H and O–H groups in total. The molecule has 120 valence electrons. The maximum atomic E-state index is 13.6. The van der Waals surface area contributed by atoms with Crippen LogP contribution in [-0.4, -0.2) is 15.9 Å². The Morgan fingerprint density at radius 2 is 1.71 bits per heavy atom. The fourth-order valence-corrected chi connectivity index (χ4v) is 2.18. The highest BCUT2D eigenvalue weighted by Crippen LogP contribution is 2.24. The minimum absolute atomic E-state index is 0.0849. The molecule has 3 aromatic rings. The molecule has 0 radical (unpaired) electrons. The van der Waals surface area contributed by atoms with E-state index in [1.807, 2.05) is 6.07 Å². The average Bonchev–Trinajstić information content (AvgIpc) is 2.59. The van der Waals surface area contributed by atoms with Crippen LogP contribution in [0, 0.1) is 5.82 Å². The fourth-order valence-electron chi connectivity index (χ4n) is 2.00. The smallest absolute Gasteiger partial charge is 0.274 e. The summed E-state index contributed by atoms with van der Waals surface area (Å²) in [5.74, 6) is -0.657. The molecule has 0 fully saturated rings. The minimum Gasteiger partial charge on any atom is -0.339 e. The molecule has 0 spiro atoms. The number of nitrogens with zero attached hydrogens (tertiary/aromatic N) is 2. The Balaban J connectivity index is 1.79. The number of halogens is 2. The molecular weight excluding hydrogens is 331 g/mol. The van der Waals surface area contributed by atoms with Gasteiger partial charge in [-0.2, -0.15) is 0 Å². The van der Waals surface area contributed by atoms with Crippen LogP contribution in [-0.2, 0) is 0 Å². The predicted molar refractivity (Wildman–Crippen MR) is 91.1 cm³/mol. The van der Waals surface area contributed by atoms with Crippen LogP contribution in [0.15, 0.2) is 60.9 Å². The van der Waals surface area contributed by atoms with E-state index in [-0.39, 0.29) is 11.4 Å². The Morgan fingerprint density at radius 1 is 1.00 bits per heavy atom.